The number of carbonyl (C=O) groups excluding carboxylic acids is 2. The van der Waals surface area contributed by atoms with E-state index in [0.29, 0.717) is 15.1 Å². The maximum absolute atomic E-state index is 13.7. The van der Waals surface area contributed by atoms with E-state index in [0.717, 1.165) is 25.5 Å². The van der Waals surface area contributed by atoms with Crippen LogP contribution < -0.4 is 4.90 Å². The molecule has 0 N–H and O–H groups in total. The minimum Gasteiger partial charge on any atom is -0.274 e. The molecule has 0 radical (unpaired) electrons. The third-order valence-corrected chi connectivity index (χ3v) is 4.22. The molecule has 1 aromatic carbocycles. The second kappa shape index (κ2) is 7.69. The summed E-state index contributed by atoms with van der Waals surface area (Å²) in [6.07, 6.45) is -4.71. The zero-order chi connectivity index (χ0) is 22.2. The predicted octanol–water partition coefficient (Wildman–Crippen LogP) is 3.86. The number of hydrogen-bond donors (Lipinski definition) is 0. The highest BCUT2D eigenvalue weighted by Crippen LogP contribution is 2.34. The molecule has 156 valence electrons. The number of nitrogens with zero attached hydrogens (tertiary/aromatic N) is 5. The van der Waals surface area contributed by atoms with Crippen molar-refractivity contribution >= 4 is 17.8 Å². The van der Waals surface area contributed by atoms with E-state index in [4.69, 9.17) is 0 Å². The highest BCUT2D eigenvalue weighted by Gasteiger charge is 2.37. The number of aryl methyl sites for hydroxylation is 2. The quantitative estimate of drug-likeness (QED) is 0.646. The molecule has 0 fully saturated rings. The van der Waals surface area contributed by atoms with E-state index in [2.05, 4.69) is 15.1 Å². The fourth-order valence-corrected chi connectivity index (χ4v) is 2.87. The molecule has 2 aromatic heterocycles. The zero-order valence-corrected chi connectivity index (χ0v) is 16.7. The second-order valence-electron chi connectivity index (χ2n) is 6.73. The largest absolute Gasteiger partial charge is 0.433 e. The fraction of sp³-hybridized carbons (Fsp3) is 0.250. The summed E-state index contributed by atoms with van der Waals surface area (Å²) in [6.45, 7) is 5.66. The van der Waals surface area contributed by atoms with Crippen LogP contribution in [0, 0.1) is 13.8 Å². The molecule has 0 spiro atoms. The third-order valence-electron chi connectivity index (χ3n) is 4.22. The van der Waals surface area contributed by atoms with Crippen LogP contribution >= 0.6 is 0 Å². The number of rotatable bonds is 3. The van der Waals surface area contributed by atoms with Crippen molar-refractivity contribution in [3.8, 4) is 17.1 Å². The standard InChI is InChI=1S/C20H18F3N5O2/c1-11-5-7-15(8-6-11)16-10-17(20(21,22)23)28(26-16)18-9-12(2)24-19(25-18)27(13(3)29)14(4)30/h5-10H,1-4H3. The number of amides is 2. The lowest BCUT2D eigenvalue weighted by Crippen LogP contribution is -2.35. The van der Waals surface area contributed by atoms with Crippen LogP contribution in [0.4, 0.5) is 19.1 Å². The molecule has 0 saturated heterocycles. The summed E-state index contributed by atoms with van der Waals surface area (Å²) in [6, 6.07) is 9.11. The molecule has 2 heterocycles. The van der Waals surface area contributed by atoms with Gasteiger partial charge in [0.2, 0.25) is 17.8 Å². The number of imide groups is 1. The van der Waals surface area contributed by atoms with Crippen molar-refractivity contribution in [2.45, 2.75) is 33.9 Å². The number of carbonyl (C=O) groups is 2. The van der Waals surface area contributed by atoms with Crippen molar-refractivity contribution < 1.29 is 22.8 Å². The van der Waals surface area contributed by atoms with E-state index < -0.39 is 23.7 Å². The van der Waals surface area contributed by atoms with Crippen molar-refractivity contribution in [3.05, 3.63) is 53.3 Å². The van der Waals surface area contributed by atoms with Crippen molar-refractivity contribution in [3.63, 3.8) is 0 Å². The van der Waals surface area contributed by atoms with E-state index in [1.807, 2.05) is 6.92 Å². The SMILES string of the molecule is CC(=O)N(C(C)=O)c1nc(C)cc(-n2nc(-c3ccc(C)cc3)cc2C(F)(F)F)n1. The number of halogens is 3. The van der Waals surface area contributed by atoms with Crippen LogP contribution in [-0.4, -0.2) is 31.6 Å². The lowest BCUT2D eigenvalue weighted by atomic mass is 10.1. The average molecular weight is 417 g/mol. The summed E-state index contributed by atoms with van der Waals surface area (Å²) in [5.41, 5.74) is 0.793. The Balaban J connectivity index is 2.20. The van der Waals surface area contributed by atoms with Gasteiger partial charge in [-0.15, -0.1) is 0 Å². The van der Waals surface area contributed by atoms with Gasteiger partial charge in [-0.2, -0.15) is 23.3 Å². The average Bonchev–Trinajstić information content (AvgIpc) is 3.07. The van der Waals surface area contributed by atoms with Crippen molar-refractivity contribution in [1.29, 1.82) is 0 Å². The maximum Gasteiger partial charge on any atom is 0.433 e. The summed E-state index contributed by atoms with van der Waals surface area (Å²) in [5.74, 6) is -1.84. The van der Waals surface area contributed by atoms with Crippen LogP contribution in [0.25, 0.3) is 17.1 Å². The van der Waals surface area contributed by atoms with E-state index >= 15 is 0 Å². The molecule has 3 aromatic rings. The van der Waals surface area contributed by atoms with Crippen molar-refractivity contribution in [2.75, 3.05) is 4.90 Å². The van der Waals surface area contributed by atoms with Gasteiger partial charge in [0, 0.05) is 31.2 Å². The Labute approximate surface area is 170 Å². The molecule has 7 nitrogen and oxygen atoms in total. The van der Waals surface area contributed by atoms with E-state index in [9.17, 15) is 22.8 Å². The number of anilines is 1. The first-order valence-electron chi connectivity index (χ1n) is 8.89. The number of benzene rings is 1. The molecular weight excluding hydrogens is 399 g/mol. The van der Waals surface area contributed by atoms with E-state index in [1.165, 1.54) is 13.0 Å². The fourth-order valence-electron chi connectivity index (χ4n) is 2.87. The molecule has 10 heteroatoms. The Hall–Kier alpha value is -3.56. The Morgan fingerprint density at radius 1 is 0.967 bits per heavy atom. The second-order valence-corrected chi connectivity index (χ2v) is 6.73. The number of alkyl halides is 3. The summed E-state index contributed by atoms with van der Waals surface area (Å²) >= 11 is 0. The smallest absolute Gasteiger partial charge is 0.274 e. The Kier molecular flexibility index (Phi) is 5.43. The normalized spacial score (nSPS) is 11.4. The lowest BCUT2D eigenvalue weighted by Gasteiger charge is -2.17. The van der Waals surface area contributed by atoms with Gasteiger partial charge >= 0.3 is 6.18 Å². The topological polar surface area (TPSA) is 81.0 Å². The van der Waals surface area contributed by atoms with Gasteiger partial charge < -0.3 is 0 Å². The van der Waals surface area contributed by atoms with Crippen LogP contribution in [-0.2, 0) is 15.8 Å². The summed E-state index contributed by atoms with van der Waals surface area (Å²) in [7, 11) is 0. The molecule has 0 aliphatic rings. The summed E-state index contributed by atoms with van der Waals surface area (Å²) < 4.78 is 41.8. The minimum absolute atomic E-state index is 0.107. The first-order valence-corrected chi connectivity index (χ1v) is 8.89. The van der Waals surface area contributed by atoms with Crippen LogP contribution in [0.3, 0.4) is 0 Å². The maximum atomic E-state index is 13.7. The highest BCUT2D eigenvalue weighted by atomic mass is 19.4. The Bertz CT molecular complexity index is 1110. The van der Waals surface area contributed by atoms with Crippen LogP contribution in [0.15, 0.2) is 36.4 Å². The molecule has 0 saturated carbocycles. The monoisotopic (exact) mass is 417 g/mol. The summed E-state index contributed by atoms with van der Waals surface area (Å²) in [5, 5.41) is 4.10. The van der Waals surface area contributed by atoms with E-state index in [1.54, 1.807) is 24.3 Å². The Morgan fingerprint density at radius 3 is 2.10 bits per heavy atom. The zero-order valence-electron chi connectivity index (χ0n) is 16.7. The third kappa shape index (κ3) is 4.22. The first kappa shape index (κ1) is 21.2. The van der Waals surface area contributed by atoms with Gasteiger partial charge in [0.15, 0.2) is 11.5 Å². The van der Waals surface area contributed by atoms with Gasteiger partial charge in [-0.1, -0.05) is 29.8 Å². The predicted molar refractivity (Wildman–Crippen MR) is 103 cm³/mol. The molecule has 30 heavy (non-hydrogen) atoms. The van der Waals surface area contributed by atoms with E-state index in [-0.39, 0.29) is 23.2 Å². The number of hydrogen-bond acceptors (Lipinski definition) is 5. The van der Waals surface area contributed by atoms with Crippen LogP contribution in [0.2, 0.25) is 0 Å². The van der Waals surface area contributed by atoms with Crippen LogP contribution in [0.5, 0.6) is 0 Å². The molecule has 0 aliphatic carbocycles. The molecule has 0 atom stereocenters. The molecule has 0 bridgehead atoms. The lowest BCUT2D eigenvalue weighted by molar-refractivity contribution is -0.143. The molecule has 0 aliphatic heterocycles. The molecule has 0 unspecified atom stereocenters. The molecule has 2 amide bonds. The number of aromatic nitrogens is 4. The van der Waals surface area contributed by atoms with Gasteiger partial charge in [0.25, 0.3) is 0 Å². The minimum atomic E-state index is -4.71. The van der Waals surface area contributed by atoms with Gasteiger partial charge in [0.1, 0.15) is 0 Å². The van der Waals surface area contributed by atoms with Gasteiger partial charge in [-0.05, 0) is 19.9 Å². The van der Waals surface area contributed by atoms with Crippen LogP contribution in [0.1, 0.15) is 30.8 Å². The van der Waals surface area contributed by atoms with Gasteiger partial charge in [-0.25, -0.2) is 14.6 Å². The first-order chi connectivity index (χ1) is 14.0. The summed E-state index contributed by atoms with van der Waals surface area (Å²) in [4.78, 5) is 32.3. The van der Waals surface area contributed by atoms with Gasteiger partial charge in [0.05, 0.1) is 5.69 Å². The van der Waals surface area contributed by atoms with Gasteiger partial charge in [-0.3, -0.25) is 9.59 Å². The highest BCUT2D eigenvalue weighted by molar-refractivity contribution is 6.11. The molecular formula is C20H18F3N5O2. The molecule has 3 rings (SSSR count). The van der Waals surface area contributed by atoms with Crippen molar-refractivity contribution in [1.82, 2.24) is 19.7 Å². The Morgan fingerprint density at radius 2 is 1.57 bits per heavy atom. The van der Waals surface area contributed by atoms with Crippen molar-refractivity contribution in [2.24, 2.45) is 0 Å².